The number of furan rings is 1. The van der Waals surface area contributed by atoms with Crippen molar-refractivity contribution in [1.29, 1.82) is 0 Å². The van der Waals surface area contributed by atoms with Gasteiger partial charge in [-0.3, -0.25) is 18.7 Å². The number of fused-ring (bicyclic) bond motifs is 1. The van der Waals surface area contributed by atoms with Crippen LogP contribution in [0, 0.1) is 6.92 Å². The summed E-state index contributed by atoms with van der Waals surface area (Å²) in [6, 6.07) is 15.1. The van der Waals surface area contributed by atoms with E-state index in [1.807, 2.05) is 19.1 Å². The third kappa shape index (κ3) is 3.67. The Kier molecular flexibility index (Phi) is 4.94. The molecule has 0 fully saturated rings. The van der Waals surface area contributed by atoms with Crippen LogP contribution >= 0.6 is 11.6 Å². The summed E-state index contributed by atoms with van der Waals surface area (Å²) in [6.07, 6.45) is 1.47. The predicted octanol–water partition coefficient (Wildman–Crippen LogP) is 3.65. The van der Waals surface area contributed by atoms with Gasteiger partial charge in [0, 0.05) is 10.6 Å². The van der Waals surface area contributed by atoms with Crippen molar-refractivity contribution >= 4 is 28.3 Å². The van der Waals surface area contributed by atoms with E-state index in [1.54, 1.807) is 36.4 Å². The largest absolute Gasteiger partial charge is 0.467 e. The SMILES string of the molecule is Cc1ccc(C(=O)Cn2c(=O)n(Cc3ccco3)c(=O)c3ccc(Cl)cc32)cc1. The number of aryl methyl sites for hydroxylation is 1. The number of halogens is 1. The van der Waals surface area contributed by atoms with Crippen molar-refractivity contribution in [1.82, 2.24) is 9.13 Å². The molecule has 0 spiro atoms. The zero-order valence-corrected chi connectivity index (χ0v) is 16.3. The molecule has 0 radical (unpaired) electrons. The fourth-order valence-electron chi connectivity index (χ4n) is 3.21. The molecular formula is C22H17ClN2O4. The third-order valence-corrected chi connectivity index (χ3v) is 4.99. The van der Waals surface area contributed by atoms with Gasteiger partial charge in [-0.2, -0.15) is 0 Å². The number of rotatable bonds is 5. The van der Waals surface area contributed by atoms with Gasteiger partial charge in [-0.25, -0.2) is 4.79 Å². The minimum atomic E-state index is -0.596. The first kappa shape index (κ1) is 19.0. The first-order valence-electron chi connectivity index (χ1n) is 8.99. The van der Waals surface area contributed by atoms with E-state index in [0.29, 0.717) is 27.2 Å². The molecule has 0 saturated carbocycles. The van der Waals surface area contributed by atoms with Gasteiger partial charge in [0.15, 0.2) is 5.78 Å². The van der Waals surface area contributed by atoms with Crippen LogP contribution < -0.4 is 11.2 Å². The van der Waals surface area contributed by atoms with Gasteiger partial charge in [0.1, 0.15) is 5.76 Å². The summed E-state index contributed by atoms with van der Waals surface area (Å²) in [5, 5.41) is 0.675. The molecule has 0 amide bonds. The number of carbonyl (C=O) groups excluding carboxylic acids is 1. The highest BCUT2D eigenvalue weighted by molar-refractivity contribution is 6.31. The van der Waals surface area contributed by atoms with E-state index in [4.69, 9.17) is 16.0 Å². The first-order chi connectivity index (χ1) is 13.9. The maximum absolute atomic E-state index is 13.2. The Morgan fingerprint density at radius 1 is 1.03 bits per heavy atom. The fraction of sp³-hybridized carbons (Fsp3) is 0.136. The average molecular weight is 409 g/mol. The van der Waals surface area contributed by atoms with Gasteiger partial charge >= 0.3 is 5.69 Å². The van der Waals surface area contributed by atoms with Crippen LogP contribution in [0.3, 0.4) is 0 Å². The molecule has 29 heavy (non-hydrogen) atoms. The molecule has 0 aliphatic heterocycles. The predicted molar refractivity (Wildman–Crippen MR) is 111 cm³/mol. The van der Waals surface area contributed by atoms with Crippen LogP contribution in [0.4, 0.5) is 0 Å². The van der Waals surface area contributed by atoms with E-state index in [1.165, 1.54) is 16.9 Å². The number of aromatic nitrogens is 2. The summed E-state index contributed by atoms with van der Waals surface area (Å²) in [7, 11) is 0. The molecule has 7 heteroatoms. The summed E-state index contributed by atoms with van der Waals surface area (Å²) in [6.45, 7) is 1.69. The number of ketones is 1. The third-order valence-electron chi connectivity index (χ3n) is 4.76. The summed E-state index contributed by atoms with van der Waals surface area (Å²) in [4.78, 5) is 38.9. The molecule has 0 aliphatic carbocycles. The second kappa shape index (κ2) is 7.56. The molecule has 2 heterocycles. The standard InChI is InChI=1S/C22H17ClN2O4/c1-14-4-6-15(7-5-14)20(26)13-24-19-11-16(23)8-9-18(19)21(27)25(22(24)28)12-17-3-2-10-29-17/h2-11H,12-13H2,1H3. The number of nitrogens with zero attached hydrogens (tertiary/aromatic N) is 2. The Labute approximate surface area is 170 Å². The monoisotopic (exact) mass is 408 g/mol. The van der Waals surface area contributed by atoms with Crippen molar-refractivity contribution in [2.45, 2.75) is 20.0 Å². The van der Waals surface area contributed by atoms with Crippen molar-refractivity contribution in [3.63, 3.8) is 0 Å². The fourth-order valence-corrected chi connectivity index (χ4v) is 3.38. The number of benzene rings is 2. The van der Waals surface area contributed by atoms with Gasteiger partial charge in [-0.15, -0.1) is 0 Å². The van der Waals surface area contributed by atoms with Gasteiger partial charge in [0.2, 0.25) is 0 Å². The van der Waals surface area contributed by atoms with Gasteiger partial charge in [0.05, 0.1) is 30.3 Å². The number of carbonyl (C=O) groups is 1. The second-order valence-corrected chi connectivity index (χ2v) is 7.23. The number of Topliss-reactive ketones (excluding diaryl/α,β-unsaturated/α-hetero) is 1. The smallest absolute Gasteiger partial charge is 0.332 e. The molecule has 0 unspecified atom stereocenters. The molecule has 6 nitrogen and oxygen atoms in total. The molecule has 0 atom stereocenters. The molecule has 4 rings (SSSR count). The minimum Gasteiger partial charge on any atom is -0.467 e. The maximum Gasteiger partial charge on any atom is 0.332 e. The van der Waals surface area contributed by atoms with E-state index >= 15 is 0 Å². The summed E-state index contributed by atoms with van der Waals surface area (Å²) in [5.74, 6) is 0.227. The van der Waals surface area contributed by atoms with E-state index < -0.39 is 11.2 Å². The van der Waals surface area contributed by atoms with Crippen molar-refractivity contribution in [2.75, 3.05) is 0 Å². The van der Waals surface area contributed by atoms with E-state index in [0.717, 1.165) is 10.1 Å². The van der Waals surface area contributed by atoms with Crippen LogP contribution in [0.15, 0.2) is 74.9 Å². The van der Waals surface area contributed by atoms with Crippen LogP contribution in [0.25, 0.3) is 10.9 Å². The lowest BCUT2D eigenvalue weighted by atomic mass is 10.1. The lowest BCUT2D eigenvalue weighted by molar-refractivity contribution is 0.0971. The highest BCUT2D eigenvalue weighted by Gasteiger charge is 2.17. The van der Waals surface area contributed by atoms with Crippen molar-refractivity contribution in [3.05, 3.63) is 104 Å². The minimum absolute atomic E-state index is 0.0258. The Bertz CT molecular complexity index is 1320. The van der Waals surface area contributed by atoms with Crippen LogP contribution in [-0.2, 0) is 13.1 Å². The zero-order valence-electron chi connectivity index (χ0n) is 15.6. The topological polar surface area (TPSA) is 74.2 Å². The summed E-state index contributed by atoms with van der Waals surface area (Å²) in [5.41, 5.74) is 0.784. The Morgan fingerprint density at radius 3 is 2.48 bits per heavy atom. The van der Waals surface area contributed by atoms with Gasteiger partial charge in [-0.05, 0) is 37.3 Å². The Morgan fingerprint density at radius 2 is 1.79 bits per heavy atom. The second-order valence-electron chi connectivity index (χ2n) is 6.79. The molecular weight excluding hydrogens is 392 g/mol. The normalized spacial score (nSPS) is 11.1. The van der Waals surface area contributed by atoms with E-state index in [-0.39, 0.29) is 18.9 Å². The number of hydrogen-bond acceptors (Lipinski definition) is 4. The van der Waals surface area contributed by atoms with Crippen LogP contribution in [0.5, 0.6) is 0 Å². The number of hydrogen-bond donors (Lipinski definition) is 0. The molecule has 2 aromatic heterocycles. The molecule has 2 aromatic carbocycles. The molecule has 0 bridgehead atoms. The van der Waals surface area contributed by atoms with Crippen LogP contribution in [0.1, 0.15) is 21.7 Å². The summed E-state index contributed by atoms with van der Waals surface area (Å²) >= 11 is 6.10. The highest BCUT2D eigenvalue weighted by atomic mass is 35.5. The Hall–Kier alpha value is -3.38. The zero-order chi connectivity index (χ0) is 20.5. The lowest BCUT2D eigenvalue weighted by Gasteiger charge is -2.13. The maximum atomic E-state index is 13.2. The van der Waals surface area contributed by atoms with Crippen molar-refractivity contribution < 1.29 is 9.21 Å². The van der Waals surface area contributed by atoms with Crippen LogP contribution in [-0.4, -0.2) is 14.9 Å². The lowest BCUT2D eigenvalue weighted by Crippen LogP contribution is -2.41. The molecule has 0 N–H and O–H groups in total. The molecule has 146 valence electrons. The quantitative estimate of drug-likeness (QED) is 0.472. The summed E-state index contributed by atoms with van der Waals surface area (Å²) < 4.78 is 7.64. The van der Waals surface area contributed by atoms with E-state index in [2.05, 4.69) is 0 Å². The van der Waals surface area contributed by atoms with E-state index in [9.17, 15) is 14.4 Å². The van der Waals surface area contributed by atoms with Crippen LogP contribution in [0.2, 0.25) is 5.02 Å². The average Bonchev–Trinajstić information content (AvgIpc) is 3.22. The van der Waals surface area contributed by atoms with Gasteiger partial charge in [0.25, 0.3) is 5.56 Å². The molecule has 0 aliphatic rings. The highest BCUT2D eigenvalue weighted by Crippen LogP contribution is 2.17. The van der Waals surface area contributed by atoms with Gasteiger partial charge < -0.3 is 4.42 Å². The molecule has 0 saturated heterocycles. The van der Waals surface area contributed by atoms with Crippen molar-refractivity contribution in [3.8, 4) is 0 Å². The molecule has 4 aromatic rings. The Balaban J connectivity index is 1.88. The first-order valence-corrected chi connectivity index (χ1v) is 9.37. The van der Waals surface area contributed by atoms with Gasteiger partial charge in [-0.1, -0.05) is 41.4 Å². The van der Waals surface area contributed by atoms with Crippen molar-refractivity contribution in [2.24, 2.45) is 0 Å².